The first-order valence-corrected chi connectivity index (χ1v) is 27.7. The van der Waals surface area contributed by atoms with Gasteiger partial charge in [-0.3, -0.25) is 4.79 Å². The first-order chi connectivity index (χ1) is 35.9. The van der Waals surface area contributed by atoms with E-state index in [0.717, 1.165) is 25.7 Å². The van der Waals surface area contributed by atoms with E-state index in [2.05, 4.69) is 54.5 Å². The van der Waals surface area contributed by atoms with E-state index in [0.29, 0.717) is 38.5 Å². The summed E-state index contributed by atoms with van der Waals surface area (Å²) in [7, 11) is 0. The molecule has 23 heteroatoms. The van der Waals surface area contributed by atoms with Gasteiger partial charge in [-0.1, -0.05) is 60.1 Å². The fourth-order valence-corrected chi connectivity index (χ4v) is 16.4. The van der Waals surface area contributed by atoms with Gasteiger partial charge < -0.3 is 104 Å². The second-order valence-corrected chi connectivity index (χ2v) is 26.3. The number of aliphatic carboxylic acids is 1. The summed E-state index contributed by atoms with van der Waals surface area (Å²) in [5.74, 6) is -2.16. The van der Waals surface area contributed by atoms with E-state index in [-0.39, 0.29) is 39.4 Å². The zero-order valence-corrected chi connectivity index (χ0v) is 45.3. The van der Waals surface area contributed by atoms with Crippen molar-refractivity contribution < 1.29 is 114 Å². The van der Waals surface area contributed by atoms with Crippen LogP contribution >= 0.6 is 0 Å². The van der Waals surface area contributed by atoms with Crippen LogP contribution in [0.1, 0.15) is 120 Å². The molecule has 4 aliphatic heterocycles. The van der Waals surface area contributed by atoms with Gasteiger partial charge in [0.05, 0.1) is 30.8 Å². The number of carbonyl (C=O) groups is 2. The van der Waals surface area contributed by atoms with E-state index in [1.165, 1.54) is 12.5 Å². The fourth-order valence-electron chi connectivity index (χ4n) is 16.4. The van der Waals surface area contributed by atoms with Gasteiger partial charge in [0.1, 0.15) is 85.5 Å². The number of fused-ring (bicyclic) bond motifs is 7. The minimum Gasteiger partial charge on any atom is -0.479 e. The maximum atomic E-state index is 14.8. The van der Waals surface area contributed by atoms with E-state index in [1.807, 2.05) is 0 Å². The van der Waals surface area contributed by atoms with Gasteiger partial charge in [0.2, 0.25) is 6.29 Å². The molecular formula is C54H86O23. The average molecular weight is 1100 g/mol. The third-order valence-electron chi connectivity index (χ3n) is 21.4. The summed E-state index contributed by atoms with van der Waals surface area (Å²) < 4.78 is 48.1. The Morgan fingerprint density at radius 3 is 1.78 bits per heavy atom. The number of allylic oxidation sites excluding steroid dienone is 2. The molecular weight excluding hydrogens is 1020 g/mol. The summed E-state index contributed by atoms with van der Waals surface area (Å²) >= 11 is 0. The second kappa shape index (κ2) is 21.3. The molecule has 9 rings (SSSR count). The van der Waals surface area contributed by atoms with Crippen LogP contribution in [-0.2, 0) is 47.5 Å². The molecule has 13 N–H and O–H groups in total. The van der Waals surface area contributed by atoms with E-state index in [4.69, 9.17) is 37.9 Å². The molecule has 0 unspecified atom stereocenters. The van der Waals surface area contributed by atoms with Crippen molar-refractivity contribution in [2.75, 3.05) is 13.2 Å². The highest BCUT2D eigenvalue weighted by Crippen LogP contribution is 2.76. The minimum atomic E-state index is -2.08. The highest BCUT2D eigenvalue weighted by atomic mass is 16.8. The van der Waals surface area contributed by atoms with Gasteiger partial charge in [0, 0.05) is 0 Å². The van der Waals surface area contributed by atoms with Gasteiger partial charge in [-0.25, -0.2) is 4.79 Å². The van der Waals surface area contributed by atoms with Gasteiger partial charge >= 0.3 is 11.9 Å². The molecule has 0 aromatic rings. The normalized spacial score (nSPS) is 53.4. The second-order valence-electron chi connectivity index (χ2n) is 26.3. The van der Waals surface area contributed by atoms with Crippen LogP contribution in [0.15, 0.2) is 11.6 Å². The van der Waals surface area contributed by atoms with Gasteiger partial charge in [-0.05, 0) is 116 Å². The van der Waals surface area contributed by atoms with Gasteiger partial charge in [-0.15, -0.1) is 0 Å². The third-order valence-corrected chi connectivity index (χ3v) is 21.4. The Morgan fingerprint density at radius 1 is 0.584 bits per heavy atom. The summed E-state index contributed by atoms with van der Waals surface area (Å²) in [6, 6.07) is 0. The van der Waals surface area contributed by atoms with Crippen molar-refractivity contribution in [1.29, 1.82) is 0 Å². The maximum absolute atomic E-state index is 14.8. The summed E-state index contributed by atoms with van der Waals surface area (Å²) in [6.45, 7) is 15.6. The van der Waals surface area contributed by atoms with Crippen LogP contribution in [0.3, 0.4) is 0 Å². The van der Waals surface area contributed by atoms with Crippen molar-refractivity contribution >= 4 is 11.9 Å². The minimum absolute atomic E-state index is 0.0171. The molecule has 0 bridgehead atoms. The van der Waals surface area contributed by atoms with Crippen LogP contribution in [-0.4, -0.2) is 220 Å². The summed E-state index contributed by atoms with van der Waals surface area (Å²) in [4.78, 5) is 27.3. The molecule has 4 saturated carbocycles. The van der Waals surface area contributed by atoms with E-state index in [1.54, 1.807) is 0 Å². The van der Waals surface area contributed by atoms with Gasteiger partial charge in [0.25, 0.3) is 0 Å². The van der Waals surface area contributed by atoms with Crippen molar-refractivity contribution in [1.82, 2.24) is 0 Å². The Balaban J connectivity index is 0.972. The molecule has 28 atom stereocenters. The van der Waals surface area contributed by atoms with Crippen LogP contribution in [0.4, 0.5) is 0 Å². The summed E-state index contributed by atoms with van der Waals surface area (Å²) in [5.41, 5.74) is -1.37. The Kier molecular flexibility index (Phi) is 16.5. The number of hydrogen-bond acceptors (Lipinski definition) is 22. The highest BCUT2D eigenvalue weighted by Gasteiger charge is 2.70. The zero-order valence-electron chi connectivity index (χ0n) is 45.3. The topological polar surface area (TPSA) is 371 Å². The predicted molar refractivity (Wildman–Crippen MR) is 262 cm³/mol. The van der Waals surface area contributed by atoms with E-state index >= 15 is 0 Å². The first-order valence-electron chi connectivity index (χ1n) is 27.7. The molecule has 77 heavy (non-hydrogen) atoms. The largest absolute Gasteiger partial charge is 0.479 e. The monoisotopic (exact) mass is 1100 g/mol. The summed E-state index contributed by atoms with van der Waals surface area (Å²) in [5, 5.41) is 139. The molecule has 4 heterocycles. The lowest BCUT2D eigenvalue weighted by atomic mass is 9.33. The van der Waals surface area contributed by atoms with Gasteiger partial charge in [0.15, 0.2) is 25.0 Å². The van der Waals surface area contributed by atoms with E-state index < -0.39 is 165 Å². The molecule has 8 fully saturated rings. The van der Waals surface area contributed by atoms with E-state index in [9.17, 15) is 76.0 Å². The number of aliphatic hydroxyl groups excluding tert-OH is 12. The van der Waals surface area contributed by atoms with Crippen molar-refractivity contribution in [2.45, 2.75) is 249 Å². The maximum Gasteiger partial charge on any atom is 0.335 e. The molecule has 4 saturated heterocycles. The van der Waals surface area contributed by atoms with Crippen LogP contribution in [0, 0.1) is 50.2 Å². The Hall–Kier alpha value is -2.08. The lowest BCUT2D eigenvalue weighted by Gasteiger charge is -2.71. The van der Waals surface area contributed by atoms with Crippen molar-refractivity contribution in [3.63, 3.8) is 0 Å². The Labute approximate surface area is 448 Å². The average Bonchev–Trinajstić information content (AvgIpc) is 3.53. The lowest BCUT2D eigenvalue weighted by Crippen LogP contribution is -2.68. The molecule has 0 aromatic carbocycles. The molecule has 0 amide bonds. The number of hydrogen-bond donors (Lipinski definition) is 13. The third kappa shape index (κ3) is 9.66. The first kappa shape index (κ1) is 59.5. The number of carboxylic acids is 1. The van der Waals surface area contributed by atoms with Crippen LogP contribution in [0.2, 0.25) is 0 Å². The number of ether oxygens (including phenoxy) is 8. The number of aliphatic hydroxyl groups is 12. The van der Waals surface area contributed by atoms with Crippen molar-refractivity contribution in [2.24, 2.45) is 50.2 Å². The SMILES string of the molecule is C[C@@H]1O[C@@H](O[C@H]2[C@H](O[C@H]3[C@H](O[C@H]4CC[C@]5(C)[C@H]6CC=C7[C@@H]8CC(C)(C)CC[C@]8(C(=O)O[C@@H]8O[C@H](CO)[C@@H](O)[C@H](O)[C@H]8O)CC[C@@]7(C)[C@]6(C)CC[C@H]5C4(C)C)O[C@H](C(=O)O)[C@@H](O)[C@@H]3O)O[C@H](CO)[C@H](O)[C@@H]2O)[C@H](O)[C@H](O)[C@H]1O. The Morgan fingerprint density at radius 2 is 1.14 bits per heavy atom. The quantitative estimate of drug-likeness (QED) is 0.0676. The number of rotatable bonds is 11. The molecule has 440 valence electrons. The summed E-state index contributed by atoms with van der Waals surface area (Å²) in [6.07, 6.45) is -25.9. The van der Waals surface area contributed by atoms with Crippen LogP contribution in [0.5, 0.6) is 0 Å². The molecule has 0 aromatic heterocycles. The lowest BCUT2D eigenvalue weighted by molar-refractivity contribution is -0.395. The van der Waals surface area contributed by atoms with Gasteiger partial charge in [-0.2, -0.15) is 0 Å². The molecule has 0 radical (unpaired) electrons. The molecule has 0 spiro atoms. The Bertz CT molecular complexity index is 2180. The smallest absolute Gasteiger partial charge is 0.335 e. The molecule has 5 aliphatic carbocycles. The molecule has 9 aliphatic rings. The standard InChI is InChI=1S/C54H86O23/c1-22-30(57)33(60)38(65)44(70-22)75-41-35(62)32(59)26(21-56)72-46(41)76-42-37(64)36(63)40(43(67)68)74-47(42)73-29-12-13-51(6)27(50(29,4)5)11-14-53(8)28(51)10-9-23-24-19-49(2,3)15-17-54(24,18-16-52(23,53)7)48(69)77-45-39(66)34(61)31(58)25(20-55)71-45/h9,22,24-42,44-47,55-66H,10-21H2,1-8H3,(H,67,68)/t22-,24-,25+,26+,27-,28+,29-,30-,31+,32-,33+,34-,35-,36-,37-,38+,39+,40-,41+,42+,44-,45-,46-,47+,51-,52+,53+,54-/m0/s1. The zero-order chi connectivity index (χ0) is 56.4. The number of carboxylic acid groups (broad SMARTS) is 1. The van der Waals surface area contributed by atoms with Crippen LogP contribution < -0.4 is 0 Å². The number of esters is 1. The highest BCUT2D eigenvalue weighted by molar-refractivity contribution is 5.79. The van der Waals surface area contributed by atoms with Crippen LogP contribution in [0.25, 0.3) is 0 Å². The number of carbonyl (C=O) groups excluding carboxylic acids is 1. The van der Waals surface area contributed by atoms with Crippen molar-refractivity contribution in [3.05, 3.63) is 11.6 Å². The molecule has 23 nitrogen and oxygen atoms in total. The van der Waals surface area contributed by atoms with Crippen molar-refractivity contribution in [3.8, 4) is 0 Å². The predicted octanol–water partition coefficient (Wildman–Crippen LogP) is -0.915. The fraction of sp³-hybridized carbons (Fsp3) is 0.926.